The Morgan fingerprint density at radius 1 is 1.00 bits per heavy atom. The van der Waals surface area contributed by atoms with Crippen molar-refractivity contribution in [3.05, 3.63) is 89.7 Å². The molecule has 0 spiro atoms. The Hall–Kier alpha value is -3.58. The molecule has 2 aromatic carbocycles. The van der Waals surface area contributed by atoms with Gasteiger partial charge in [0, 0.05) is 13.1 Å². The molecule has 1 unspecified atom stereocenters. The van der Waals surface area contributed by atoms with Crippen molar-refractivity contribution in [3.8, 4) is 23.8 Å². The van der Waals surface area contributed by atoms with Crippen LogP contribution in [-0.4, -0.2) is 17.6 Å². The number of aromatic nitrogens is 1. The van der Waals surface area contributed by atoms with Crippen LogP contribution < -0.4 is 9.47 Å². The van der Waals surface area contributed by atoms with E-state index in [-0.39, 0.29) is 18.5 Å². The van der Waals surface area contributed by atoms with E-state index >= 15 is 0 Å². The second-order valence-corrected chi connectivity index (χ2v) is 5.91. The molecule has 3 rings (SSSR count). The molecule has 134 valence electrons. The largest absolute Gasteiger partial charge is 0.481 e. The van der Waals surface area contributed by atoms with E-state index in [0.717, 1.165) is 22.6 Å². The molecule has 0 aliphatic heterocycles. The van der Waals surface area contributed by atoms with Crippen molar-refractivity contribution in [2.45, 2.75) is 12.8 Å². The van der Waals surface area contributed by atoms with Crippen LogP contribution in [0.2, 0.25) is 0 Å². The van der Waals surface area contributed by atoms with E-state index < -0.39 is 0 Å². The minimum atomic E-state index is -0.341. The van der Waals surface area contributed by atoms with Crippen molar-refractivity contribution in [1.82, 2.24) is 4.98 Å². The molecule has 0 aliphatic carbocycles. The van der Waals surface area contributed by atoms with Crippen molar-refractivity contribution in [2.24, 2.45) is 0 Å². The third-order valence-electron chi connectivity index (χ3n) is 3.99. The highest BCUT2D eigenvalue weighted by Gasteiger charge is 2.18. The van der Waals surface area contributed by atoms with E-state index in [9.17, 15) is 4.79 Å². The summed E-state index contributed by atoms with van der Waals surface area (Å²) in [6.07, 6.45) is 7.01. The lowest BCUT2D eigenvalue weighted by atomic mass is 9.88. The first-order valence-corrected chi connectivity index (χ1v) is 8.53. The third-order valence-corrected chi connectivity index (χ3v) is 3.99. The molecule has 0 amide bonds. The second kappa shape index (κ2) is 8.68. The Kier molecular flexibility index (Phi) is 5.86. The van der Waals surface area contributed by atoms with Crippen LogP contribution in [0.3, 0.4) is 0 Å². The van der Waals surface area contributed by atoms with Crippen LogP contribution in [0.25, 0.3) is 0 Å². The summed E-state index contributed by atoms with van der Waals surface area (Å²) in [7, 11) is 0. The zero-order chi connectivity index (χ0) is 19.1. The van der Waals surface area contributed by atoms with Crippen LogP contribution in [0, 0.1) is 12.3 Å². The highest BCUT2D eigenvalue weighted by atomic mass is 16.5. The maximum Gasteiger partial charge on any atom is 0.308 e. The summed E-state index contributed by atoms with van der Waals surface area (Å²) in [5, 5.41) is 0. The SMILES string of the molecule is C#CCOc1ccc(C(c2ccc(OC(C)=O)cc2)c2ccccn2)cc1. The van der Waals surface area contributed by atoms with Gasteiger partial charge in [0.25, 0.3) is 0 Å². The highest BCUT2D eigenvalue weighted by molar-refractivity contribution is 5.69. The standard InChI is InChI=1S/C23H19NO3/c1-3-16-26-20-11-7-18(8-12-20)23(22-6-4-5-15-24-22)19-9-13-21(14-10-19)27-17(2)25/h1,4-15,23H,16H2,2H3. The summed E-state index contributed by atoms with van der Waals surface area (Å²) in [6, 6.07) is 21.1. The first kappa shape index (κ1) is 18.2. The number of nitrogens with zero attached hydrogens (tertiary/aromatic N) is 1. The number of terminal acetylenes is 1. The monoisotopic (exact) mass is 357 g/mol. The van der Waals surface area contributed by atoms with Gasteiger partial charge >= 0.3 is 5.97 Å². The van der Waals surface area contributed by atoms with Crippen LogP contribution in [0.5, 0.6) is 11.5 Å². The lowest BCUT2D eigenvalue weighted by Crippen LogP contribution is -2.06. The Labute approximate surface area is 158 Å². The summed E-state index contributed by atoms with van der Waals surface area (Å²) in [4.78, 5) is 15.7. The molecule has 0 N–H and O–H groups in total. The Balaban J connectivity index is 1.95. The summed E-state index contributed by atoms with van der Waals surface area (Å²) in [5.74, 6) is 3.30. The zero-order valence-corrected chi connectivity index (χ0v) is 15.0. The quantitative estimate of drug-likeness (QED) is 0.377. The smallest absolute Gasteiger partial charge is 0.308 e. The fraction of sp³-hybridized carbons (Fsp3) is 0.130. The van der Waals surface area contributed by atoms with Gasteiger partial charge in [-0.2, -0.15) is 0 Å². The van der Waals surface area contributed by atoms with Gasteiger partial charge in [0.15, 0.2) is 0 Å². The average Bonchev–Trinajstić information content (AvgIpc) is 2.69. The lowest BCUT2D eigenvalue weighted by Gasteiger charge is -2.18. The molecular weight excluding hydrogens is 338 g/mol. The molecule has 0 saturated heterocycles. The van der Waals surface area contributed by atoms with Crippen molar-refractivity contribution < 1.29 is 14.3 Å². The minimum absolute atomic E-state index is 0.0562. The van der Waals surface area contributed by atoms with Gasteiger partial charge < -0.3 is 9.47 Å². The number of pyridine rings is 1. The van der Waals surface area contributed by atoms with Gasteiger partial charge in [0.05, 0.1) is 11.6 Å². The second-order valence-electron chi connectivity index (χ2n) is 5.91. The van der Waals surface area contributed by atoms with Gasteiger partial charge in [-0.1, -0.05) is 36.3 Å². The third kappa shape index (κ3) is 4.74. The van der Waals surface area contributed by atoms with Crippen molar-refractivity contribution in [1.29, 1.82) is 0 Å². The molecule has 1 aromatic heterocycles. The predicted molar refractivity (Wildman–Crippen MR) is 104 cm³/mol. The number of carbonyl (C=O) groups excluding carboxylic acids is 1. The average molecular weight is 357 g/mol. The lowest BCUT2D eigenvalue weighted by molar-refractivity contribution is -0.131. The molecule has 3 aromatic rings. The molecule has 4 heteroatoms. The summed E-state index contributed by atoms with van der Waals surface area (Å²) < 4.78 is 10.6. The Bertz CT molecular complexity index is 926. The minimum Gasteiger partial charge on any atom is -0.481 e. The van der Waals surface area contributed by atoms with Gasteiger partial charge in [0.2, 0.25) is 0 Å². The predicted octanol–water partition coefficient (Wildman–Crippen LogP) is 4.20. The van der Waals surface area contributed by atoms with E-state index in [4.69, 9.17) is 15.9 Å². The first-order chi connectivity index (χ1) is 13.2. The Morgan fingerprint density at radius 2 is 1.63 bits per heavy atom. The maximum absolute atomic E-state index is 11.1. The van der Waals surface area contributed by atoms with Gasteiger partial charge in [-0.3, -0.25) is 9.78 Å². The summed E-state index contributed by atoms with van der Waals surface area (Å²) in [6.45, 7) is 1.62. The number of esters is 1. The van der Waals surface area contributed by atoms with Crippen molar-refractivity contribution in [3.63, 3.8) is 0 Å². The molecule has 0 aliphatic rings. The molecule has 1 heterocycles. The summed E-state index contributed by atoms with van der Waals surface area (Å²) >= 11 is 0. The molecular formula is C23H19NO3. The molecule has 0 radical (unpaired) electrons. The number of hydrogen-bond acceptors (Lipinski definition) is 4. The van der Waals surface area contributed by atoms with Crippen LogP contribution in [0.15, 0.2) is 72.9 Å². The van der Waals surface area contributed by atoms with Crippen LogP contribution in [0.1, 0.15) is 29.7 Å². The van der Waals surface area contributed by atoms with Gasteiger partial charge in [-0.25, -0.2) is 0 Å². The summed E-state index contributed by atoms with van der Waals surface area (Å²) in [5.41, 5.74) is 3.04. The van der Waals surface area contributed by atoms with E-state index in [1.54, 1.807) is 18.3 Å². The van der Waals surface area contributed by atoms with Crippen molar-refractivity contribution >= 4 is 5.97 Å². The highest BCUT2D eigenvalue weighted by Crippen LogP contribution is 2.32. The van der Waals surface area contributed by atoms with Crippen LogP contribution >= 0.6 is 0 Å². The molecule has 1 atom stereocenters. The van der Waals surface area contributed by atoms with E-state index in [0.29, 0.717) is 5.75 Å². The number of ether oxygens (including phenoxy) is 2. The molecule has 4 nitrogen and oxygen atoms in total. The number of carbonyl (C=O) groups is 1. The molecule has 0 fully saturated rings. The fourth-order valence-electron chi connectivity index (χ4n) is 2.86. The maximum atomic E-state index is 11.1. The van der Waals surface area contributed by atoms with Crippen LogP contribution in [0.4, 0.5) is 0 Å². The molecule has 27 heavy (non-hydrogen) atoms. The van der Waals surface area contributed by atoms with E-state index in [1.165, 1.54) is 6.92 Å². The van der Waals surface area contributed by atoms with Crippen molar-refractivity contribution in [2.75, 3.05) is 6.61 Å². The topological polar surface area (TPSA) is 48.4 Å². The van der Waals surface area contributed by atoms with E-state index in [1.807, 2.05) is 54.6 Å². The molecule has 0 saturated carbocycles. The molecule has 0 bridgehead atoms. The zero-order valence-electron chi connectivity index (χ0n) is 15.0. The van der Waals surface area contributed by atoms with Crippen LogP contribution in [-0.2, 0) is 4.79 Å². The number of rotatable bonds is 6. The number of benzene rings is 2. The van der Waals surface area contributed by atoms with Gasteiger partial charge in [-0.15, -0.1) is 6.42 Å². The Morgan fingerprint density at radius 3 is 2.15 bits per heavy atom. The number of hydrogen-bond donors (Lipinski definition) is 0. The fourth-order valence-corrected chi connectivity index (χ4v) is 2.86. The first-order valence-electron chi connectivity index (χ1n) is 8.53. The van der Waals surface area contributed by atoms with Gasteiger partial charge in [0.1, 0.15) is 18.1 Å². The van der Waals surface area contributed by atoms with Gasteiger partial charge in [-0.05, 0) is 47.5 Å². The van der Waals surface area contributed by atoms with E-state index in [2.05, 4.69) is 10.9 Å². The normalized spacial score (nSPS) is 11.3.